The minimum absolute atomic E-state index is 0.227. The lowest BCUT2D eigenvalue weighted by Gasteiger charge is -2.14. The number of anilines is 1. The first-order valence-corrected chi connectivity index (χ1v) is 13.0. The lowest BCUT2D eigenvalue weighted by Crippen LogP contribution is -2.36. The Hall–Kier alpha value is -2.69. The van der Waals surface area contributed by atoms with Gasteiger partial charge in [0.15, 0.2) is 0 Å². The molecule has 1 aliphatic heterocycles. The van der Waals surface area contributed by atoms with Crippen molar-refractivity contribution in [1.29, 1.82) is 0 Å². The van der Waals surface area contributed by atoms with Gasteiger partial charge in [-0.3, -0.25) is 14.5 Å². The van der Waals surface area contributed by atoms with Crippen molar-refractivity contribution in [2.24, 2.45) is 0 Å². The van der Waals surface area contributed by atoms with Gasteiger partial charge < -0.3 is 14.8 Å². The number of ether oxygens (including phenoxy) is 2. The van der Waals surface area contributed by atoms with Gasteiger partial charge in [-0.1, -0.05) is 36.1 Å². The van der Waals surface area contributed by atoms with E-state index in [-0.39, 0.29) is 19.1 Å². The number of hydrogen-bond donors (Lipinski definition) is 1. The van der Waals surface area contributed by atoms with Crippen molar-refractivity contribution in [2.45, 2.75) is 32.6 Å². The molecule has 2 heterocycles. The highest BCUT2D eigenvalue weighted by Crippen LogP contribution is 2.39. The molecule has 1 aromatic carbocycles. The standard InChI is InChI=1S/C24H24N2O5S3/c1-3-31-23(29)20-16-6-4-5-7-17(16)33-21(20)25-19(27)13-26-22(28)18(34-24(26)32)12-14-8-10-15(30-2)11-9-14/h8-12H,3-7,13H2,1-2H3,(H,25,27). The van der Waals surface area contributed by atoms with Crippen LogP contribution in [0.4, 0.5) is 5.00 Å². The van der Waals surface area contributed by atoms with E-state index in [2.05, 4.69) is 5.32 Å². The summed E-state index contributed by atoms with van der Waals surface area (Å²) in [4.78, 5) is 41.3. The lowest BCUT2D eigenvalue weighted by atomic mass is 9.95. The van der Waals surface area contributed by atoms with Gasteiger partial charge in [-0.2, -0.15) is 0 Å². The average molecular weight is 517 g/mol. The Morgan fingerprint density at radius 2 is 1.94 bits per heavy atom. The number of carbonyl (C=O) groups is 3. The van der Waals surface area contributed by atoms with E-state index in [1.54, 1.807) is 20.1 Å². The fourth-order valence-corrected chi connectivity index (χ4v) is 6.42. The Morgan fingerprint density at radius 1 is 1.21 bits per heavy atom. The Bertz CT molecular complexity index is 1170. The minimum atomic E-state index is -0.426. The van der Waals surface area contributed by atoms with Crippen LogP contribution in [0, 0.1) is 0 Å². The molecule has 0 saturated carbocycles. The van der Waals surface area contributed by atoms with Crippen LogP contribution in [0.25, 0.3) is 6.08 Å². The summed E-state index contributed by atoms with van der Waals surface area (Å²) >= 11 is 7.93. The third kappa shape index (κ3) is 5.18. The molecule has 0 spiro atoms. The van der Waals surface area contributed by atoms with Crippen molar-refractivity contribution in [3.05, 3.63) is 50.7 Å². The van der Waals surface area contributed by atoms with Crippen LogP contribution in [-0.2, 0) is 27.2 Å². The maximum atomic E-state index is 12.9. The Morgan fingerprint density at radius 3 is 2.65 bits per heavy atom. The number of nitrogens with one attached hydrogen (secondary N) is 1. The molecule has 0 atom stereocenters. The zero-order valence-corrected chi connectivity index (χ0v) is 21.3. The molecule has 2 aromatic rings. The topological polar surface area (TPSA) is 84.9 Å². The molecule has 4 rings (SSSR count). The second kappa shape index (κ2) is 10.7. The summed E-state index contributed by atoms with van der Waals surface area (Å²) in [5, 5.41) is 3.32. The Labute approximate surface area is 211 Å². The summed E-state index contributed by atoms with van der Waals surface area (Å²) < 4.78 is 10.7. The number of benzene rings is 1. The molecule has 0 unspecified atom stereocenters. The van der Waals surface area contributed by atoms with Gasteiger partial charge in [0.2, 0.25) is 5.91 Å². The second-order valence-corrected chi connectivity index (χ2v) is 10.5. The number of amides is 2. The molecule has 10 heteroatoms. The summed E-state index contributed by atoms with van der Waals surface area (Å²) in [6.07, 6.45) is 5.47. The van der Waals surface area contributed by atoms with Crippen molar-refractivity contribution >= 4 is 68.5 Å². The monoisotopic (exact) mass is 516 g/mol. The summed E-state index contributed by atoms with van der Waals surface area (Å²) in [5.41, 5.74) is 2.24. The van der Waals surface area contributed by atoms with Crippen molar-refractivity contribution in [3.63, 3.8) is 0 Å². The van der Waals surface area contributed by atoms with Crippen LogP contribution >= 0.6 is 35.3 Å². The average Bonchev–Trinajstić information content (AvgIpc) is 3.31. The van der Waals surface area contributed by atoms with E-state index in [4.69, 9.17) is 21.7 Å². The molecule has 2 aliphatic rings. The van der Waals surface area contributed by atoms with Gasteiger partial charge >= 0.3 is 5.97 Å². The molecule has 2 amide bonds. The van der Waals surface area contributed by atoms with Gasteiger partial charge in [0.25, 0.3) is 5.91 Å². The fraction of sp³-hybridized carbons (Fsp3) is 0.333. The smallest absolute Gasteiger partial charge is 0.341 e. The van der Waals surface area contributed by atoms with Crippen molar-refractivity contribution < 1.29 is 23.9 Å². The summed E-state index contributed by atoms with van der Waals surface area (Å²) in [5.74, 6) is -0.438. The molecule has 178 valence electrons. The van der Waals surface area contributed by atoms with Gasteiger partial charge in [-0.25, -0.2) is 4.79 Å². The van der Waals surface area contributed by atoms with E-state index in [1.807, 2.05) is 24.3 Å². The van der Waals surface area contributed by atoms with Gasteiger partial charge in [0, 0.05) is 4.88 Å². The van der Waals surface area contributed by atoms with E-state index >= 15 is 0 Å². The third-order valence-corrected chi connectivity index (χ3v) is 8.08. The van der Waals surface area contributed by atoms with Gasteiger partial charge in [0.1, 0.15) is 21.6 Å². The molecule has 0 radical (unpaired) electrons. The number of aryl methyl sites for hydroxylation is 1. The maximum absolute atomic E-state index is 12.9. The molecule has 1 aromatic heterocycles. The molecule has 7 nitrogen and oxygen atoms in total. The molecular formula is C24H24N2O5S3. The first-order chi connectivity index (χ1) is 16.4. The summed E-state index contributed by atoms with van der Waals surface area (Å²) in [7, 11) is 1.59. The van der Waals surface area contributed by atoms with Crippen LogP contribution in [0.2, 0.25) is 0 Å². The fourth-order valence-electron chi connectivity index (χ4n) is 3.87. The highest BCUT2D eigenvalue weighted by Gasteiger charge is 2.34. The summed E-state index contributed by atoms with van der Waals surface area (Å²) in [6.45, 7) is 1.78. The van der Waals surface area contributed by atoms with Crippen molar-refractivity contribution in [3.8, 4) is 5.75 Å². The first kappa shape index (κ1) is 24.4. The van der Waals surface area contributed by atoms with Crippen LogP contribution in [-0.4, -0.2) is 47.3 Å². The van der Waals surface area contributed by atoms with Gasteiger partial charge in [-0.15, -0.1) is 11.3 Å². The van der Waals surface area contributed by atoms with Crippen LogP contribution in [0.3, 0.4) is 0 Å². The number of thiocarbonyl (C=S) groups is 1. The molecule has 1 fully saturated rings. The second-order valence-electron chi connectivity index (χ2n) is 7.72. The number of carbonyl (C=O) groups excluding carboxylic acids is 3. The minimum Gasteiger partial charge on any atom is -0.497 e. The lowest BCUT2D eigenvalue weighted by molar-refractivity contribution is -0.126. The zero-order chi connectivity index (χ0) is 24.2. The van der Waals surface area contributed by atoms with Crippen LogP contribution in [0.15, 0.2) is 29.2 Å². The van der Waals surface area contributed by atoms with Crippen LogP contribution in [0.1, 0.15) is 46.1 Å². The number of rotatable bonds is 7. The number of hydrogen-bond acceptors (Lipinski definition) is 8. The Balaban J connectivity index is 1.48. The van der Waals surface area contributed by atoms with Crippen molar-refractivity contribution in [1.82, 2.24) is 4.90 Å². The molecular weight excluding hydrogens is 492 g/mol. The zero-order valence-electron chi connectivity index (χ0n) is 18.8. The van der Waals surface area contributed by atoms with Gasteiger partial charge in [0.05, 0.1) is 24.2 Å². The molecule has 0 bridgehead atoms. The van der Waals surface area contributed by atoms with Crippen LogP contribution < -0.4 is 10.1 Å². The van der Waals surface area contributed by atoms with E-state index in [0.29, 0.717) is 19.8 Å². The SMILES string of the molecule is CCOC(=O)c1c(NC(=O)CN2C(=O)C(=Cc3ccc(OC)cc3)SC2=S)sc2c1CCCC2. The van der Waals surface area contributed by atoms with E-state index < -0.39 is 11.9 Å². The summed E-state index contributed by atoms with van der Waals surface area (Å²) in [6, 6.07) is 7.30. The number of esters is 1. The number of fused-ring (bicyclic) bond motifs is 1. The normalized spacial score (nSPS) is 16.5. The first-order valence-electron chi connectivity index (χ1n) is 10.9. The van der Waals surface area contributed by atoms with Crippen LogP contribution in [0.5, 0.6) is 5.75 Å². The molecule has 1 saturated heterocycles. The van der Waals surface area contributed by atoms with Crippen molar-refractivity contribution in [2.75, 3.05) is 25.6 Å². The van der Waals surface area contributed by atoms with E-state index in [0.717, 1.165) is 59.2 Å². The largest absolute Gasteiger partial charge is 0.497 e. The molecule has 1 aliphatic carbocycles. The predicted molar refractivity (Wildman–Crippen MR) is 138 cm³/mol. The van der Waals surface area contributed by atoms with E-state index in [9.17, 15) is 14.4 Å². The highest BCUT2D eigenvalue weighted by molar-refractivity contribution is 8.26. The number of thiophene rings is 1. The number of nitrogens with zero attached hydrogens (tertiary/aromatic N) is 1. The third-order valence-electron chi connectivity index (χ3n) is 5.49. The quantitative estimate of drug-likeness (QED) is 0.326. The molecule has 1 N–H and O–H groups in total. The number of thioether (sulfide) groups is 1. The van der Waals surface area contributed by atoms with E-state index in [1.165, 1.54) is 16.2 Å². The number of methoxy groups -OCH3 is 1. The van der Waals surface area contributed by atoms with Gasteiger partial charge in [-0.05, 0) is 61.9 Å². The maximum Gasteiger partial charge on any atom is 0.341 e. The Kier molecular flexibility index (Phi) is 7.70. The highest BCUT2D eigenvalue weighted by atomic mass is 32.2. The predicted octanol–water partition coefficient (Wildman–Crippen LogP) is 4.65. The molecule has 34 heavy (non-hydrogen) atoms.